The van der Waals surface area contributed by atoms with Gasteiger partial charge in [-0.15, -0.1) is 0 Å². The van der Waals surface area contributed by atoms with Crippen molar-refractivity contribution >= 4 is 0 Å². The molecule has 0 amide bonds. The fourth-order valence-corrected chi connectivity index (χ4v) is 3.20. The third-order valence-electron chi connectivity index (χ3n) is 4.29. The summed E-state index contributed by atoms with van der Waals surface area (Å²) in [6.45, 7) is 1.99. The number of nitrogens with two attached hydrogens (primary N) is 1. The minimum Gasteiger partial charge on any atom is -0.271 e. The summed E-state index contributed by atoms with van der Waals surface area (Å²) in [6.07, 6.45) is 8.68. The first-order valence-electron chi connectivity index (χ1n) is 7.44. The van der Waals surface area contributed by atoms with E-state index in [9.17, 15) is 4.39 Å². The lowest BCUT2D eigenvalue weighted by atomic mass is 9.82. The highest BCUT2D eigenvalue weighted by atomic mass is 19.1. The van der Waals surface area contributed by atoms with Crippen LogP contribution in [-0.4, -0.2) is 0 Å². The van der Waals surface area contributed by atoms with Gasteiger partial charge in [0.2, 0.25) is 0 Å². The van der Waals surface area contributed by atoms with E-state index in [1.54, 1.807) is 6.07 Å². The van der Waals surface area contributed by atoms with E-state index < -0.39 is 0 Å². The lowest BCUT2D eigenvalue weighted by Gasteiger charge is -2.29. The molecule has 2 nitrogen and oxygen atoms in total. The number of halogens is 1. The number of aryl methyl sites for hydroxylation is 1. The Balaban J connectivity index is 2.19. The molecular formula is C16H25FN2. The van der Waals surface area contributed by atoms with Crippen LogP contribution in [0.1, 0.15) is 62.1 Å². The van der Waals surface area contributed by atoms with Gasteiger partial charge in [-0.05, 0) is 31.7 Å². The van der Waals surface area contributed by atoms with E-state index in [1.807, 2.05) is 19.1 Å². The molecule has 0 aromatic heterocycles. The van der Waals surface area contributed by atoms with Crippen LogP contribution >= 0.6 is 0 Å². The van der Waals surface area contributed by atoms with Gasteiger partial charge in [0.1, 0.15) is 5.82 Å². The predicted molar refractivity (Wildman–Crippen MR) is 77.0 cm³/mol. The Morgan fingerprint density at radius 1 is 1.16 bits per heavy atom. The van der Waals surface area contributed by atoms with Gasteiger partial charge < -0.3 is 0 Å². The summed E-state index contributed by atoms with van der Waals surface area (Å²) in [4.78, 5) is 0. The van der Waals surface area contributed by atoms with E-state index in [4.69, 9.17) is 5.84 Å². The summed E-state index contributed by atoms with van der Waals surface area (Å²) in [5.74, 6) is 6.03. The van der Waals surface area contributed by atoms with Crippen LogP contribution in [0.25, 0.3) is 0 Å². The number of nitrogens with one attached hydrogen (secondary N) is 1. The SMILES string of the molecule is Cc1ccc(F)c(C(NN)C2CCCCCCC2)c1. The molecule has 1 atom stereocenters. The molecule has 2 rings (SSSR count). The van der Waals surface area contributed by atoms with Gasteiger partial charge >= 0.3 is 0 Å². The first kappa shape index (κ1) is 14.5. The summed E-state index contributed by atoms with van der Waals surface area (Å²) in [5, 5.41) is 0. The average Bonchev–Trinajstić information content (AvgIpc) is 2.36. The Bertz CT molecular complexity index is 398. The van der Waals surface area contributed by atoms with Crippen molar-refractivity contribution in [2.75, 3.05) is 0 Å². The monoisotopic (exact) mass is 264 g/mol. The van der Waals surface area contributed by atoms with E-state index >= 15 is 0 Å². The number of rotatable bonds is 3. The molecule has 0 bridgehead atoms. The van der Waals surface area contributed by atoms with Gasteiger partial charge in [-0.25, -0.2) is 4.39 Å². The van der Waals surface area contributed by atoms with Gasteiger partial charge in [0, 0.05) is 5.56 Å². The van der Waals surface area contributed by atoms with Crippen molar-refractivity contribution in [3.05, 3.63) is 35.1 Å². The number of hydrazine groups is 1. The van der Waals surface area contributed by atoms with E-state index in [-0.39, 0.29) is 11.9 Å². The van der Waals surface area contributed by atoms with Gasteiger partial charge in [0.25, 0.3) is 0 Å². The highest BCUT2D eigenvalue weighted by Crippen LogP contribution is 2.33. The van der Waals surface area contributed by atoms with E-state index in [2.05, 4.69) is 5.43 Å². The van der Waals surface area contributed by atoms with Gasteiger partial charge in [-0.3, -0.25) is 11.3 Å². The second-order valence-corrected chi connectivity index (χ2v) is 5.77. The van der Waals surface area contributed by atoms with Crippen molar-refractivity contribution in [3.63, 3.8) is 0 Å². The fourth-order valence-electron chi connectivity index (χ4n) is 3.20. The van der Waals surface area contributed by atoms with Crippen molar-refractivity contribution in [1.29, 1.82) is 0 Å². The number of hydrogen-bond donors (Lipinski definition) is 2. The Labute approximate surface area is 115 Å². The molecule has 0 radical (unpaired) electrons. The van der Waals surface area contributed by atoms with Gasteiger partial charge in [-0.1, -0.05) is 49.8 Å². The maximum Gasteiger partial charge on any atom is 0.128 e. The van der Waals surface area contributed by atoms with Crippen LogP contribution in [0.4, 0.5) is 4.39 Å². The number of hydrogen-bond acceptors (Lipinski definition) is 2. The molecule has 1 aromatic carbocycles. The van der Waals surface area contributed by atoms with Gasteiger partial charge in [-0.2, -0.15) is 0 Å². The zero-order valence-electron chi connectivity index (χ0n) is 11.8. The van der Waals surface area contributed by atoms with Crippen LogP contribution in [0, 0.1) is 18.7 Å². The Morgan fingerprint density at radius 2 is 1.79 bits per heavy atom. The molecule has 19 heavy (non-hydrogen) atoms. The molecule has 1 fully saturated rings. The van der Waals surface area contributed by atoms with E-state index in [1.165, 1.54) is 32.1 Å². The van der Waals surface area contributed by atoms with Crippen LogP contribution in [0.5, 0.6) is 0 Å². The predicted octanol–water partition coefficient (Wildman–Crippen LogP) is 4.00. The highest BCUT2D eigenvalue weighted by molar-refractivity contribution is 5.27. The molecule has 0 heterocycles. The maximum atomic E-state index is 14.0. The second kappa shape index (κ2) is 7.01. The van der Waals surface area contributed by atoms with Crippen molar-refractivity contribution < 1.29 is 4.39 Å². The van der Waals surface area contributed by atoms with E-state index in [0.717, 1.165) is 24.0 Å². The molecule has 1 aliphatic carbocycles. The van der Waals surface area contributed by atoms with Crippen molar-refractivity contribution in [1.82, 2.24) is 5.43 Å². The topological polar surface area (TPSA) is 38.0 Å². The zero-order chi connectivity index (χ0) is 13.7. The molecule has 1 aromatic rings. The standard InChI is InChI=1S/C16H25FN2/c1-12-9-10-15(17)14(11-12)16(19-18)13-7-5-3-2-4-6-8-13/h9-11,13,16,19H,2-8,18H2,1H3. The van der Waals surface area contributed by atoms with Crippen LogP contribution in [0.3, 0.4) is 0 Å². The largest absolute Gasteiger partial charge is 0.271 e. The Kier molecular flexibility index (Phi) is 5.34. The lowest BCUT2D eigenvalue weighted by molar-refractivity contribution is 0.285. The van der Waals surface area contributed by atoms with Crippen molar-refractivity contribution in [2.45, 2.75) is 57.9 Å². The normalized spacial score (nSPS) is 19.7. The molecule has 0 saturated heterocycles. The smallest absolute Gasteiger partial charge is 0.128 e. The molecular weight excluding hydrogens is 239 g/mol. The third kappa shape index (κ3) is 3.77. The Morgan fingerprint density at radius 3 is 2.42 bits per heavy atom. The summed E-state index contributed by atoms with van der Waals surface area (Å²) in [6, 6.07) is 5.24. The first-order valence-corrected chi connectivity index (χ1v) is 7.44. The summed E-state index contributed by atoms with van der Waals surface area (Å²) in [5.41, 5.74) is 4.68. The second-order valence-electron chi connectivity index (χ2n) is 5.77. The van der Waals surface area contributed by atoms with Gasteiger partial charge in [0.15, 0.2) is 0 Å². The average molecular weight is 264 g/mol. The van der Waals surface area contributed by atoms with Crippen LogP contribution in [-0.2, 0) is 0 Å². The molecule has 1 aliphatic rings. The van der Waals surface area contributed by atoms with Crippen molar-refractivity contribution in [3.8, 4) is 0 Å². The third-order valence-corrected chi connectivity index (χ3v) is 4.29. The van der Waals surface area contributed by atoms with Crippen LogP contribution in [0.2, 0.25) is 0 Å². The minimum absolute atomic E-state index is 0.0574. The fraction of sp³-hybridized carbons (Fsp3) is 0.625. The summed E-state index contributed by atoms with van der Waals surface area (Å²) in [7, 11) is 0. The molecule has 0 aliphatic heterocycles. The Hall–Kier alpha value is -0.930. The minimum atomic E-state index is -0.143. The van der Waals surface area contributed by atoms with Crippen molar-refractivity contribution in [2.24, 2.45) is 11.8 Å². The van der Waals surface area contributed by atoms with Crippen LogP contribution in [0.15, 0.2) is 18.2 Å². The quantitative estimate of drug-likeness (QED) is 0.639. The highest BCUT2D eigenvalue weighted by Gasteiger charge is 2.25. The summed E-state index contributed by atoms with van der Waals surface area (Å²) >= 11 is 0. The lowest BCUT2D eigenvalue weighted by Crippen LogP contribution is -2.34. The molecule has 1 unspecified atom stereocenters. The first-order chi connectivity index (χ1) is 9.22. The van der Waals surface area contributed by atoms with Crippen LogP contribution < -0.4 is 11.3 Å². The maximum absolute atomic E-state index is 14.0. The van der Waals surface area contributed by atoms with Gasteiger partial charge in [0.05, 0.1) is 6.04 Å². The number of benzene rings is 1. The zero-order valence-corrected chi connectivity index (χ0v) is 11.8. The molecule has 0 spiro atoms. The summed E-state index contributed by atoms with van der Waals surface area (Å²) < 4.78 is 14.0. The molecule has 1 saturated carbocycles. The van der Waals surface area contributed by atoms with E-state index in [0.29, 0.717) is 5.92 Å². The molecule has 3 heteroatoms. The molecule has 106 valence electrons. The molecule has 3 N–H and O–H groups in total.